The third-order valence-electron chi connectivity index (χ3n) is 1.82. The van der Waals surface area contributed by atoms with E-state index in [0.29, 0.717) is 0 Å². The maximum absolute atomic E-state index is 10.9. The zero-order valence-electron chi connectivity index (χ0n) is 8.73. The van der Waals surface area contributed by atoms with Crippen molar-refractivity contribution in [1.82, 2.24) is 0 Å². The molecule has 5 nitrogen and oxygen atoms in total. The number of thiocarbonyl (C=S) groups is 1. The molecule has 0 radical (unpaired) electrons. The molecule has 0 unspecified atom stereocenters. The number of hydrogen-bond donors (Lipinski definition) is 3. The van der Waals surface area contributed by atoms with Crippen LogP contribution >= 0.6 is 12.2 Å². The van der Waals surface area contributed by atoms with Crippen molar-refractivity contribution >= 4 is 34.5 Å². The van der Waals surface area contributed by atoms with Crippen LogP contribution in [0, 0.1) is 6.92 Å². The molecule has 16 heavy (non-hydrogen) atoms. The molecule has 0 saturated carbocycles. The first kappa shape index (κ1) is 12.1. The van der Waals surface area contributed by atoms with Gasteiger partial charge in [-0.2, -0.15) is 5.10 Å². The Morgan fingerprint density at radius 2 is 1.88 bits per heavy atom. The zero-order chi connectivity index (χ0) is 12.1. The number of benzene rings is 1. The predicted molar refractivity (Wildman–Crippen MR) is 68.2 cm³/mol. The van der Waals surface area contributed by atoms with Crippen molar-refractivity contribution in [2.75, 3.05) is 5.43 Å². The van der Waals surface area contributed by atoms with Crippen LogP contribution in [0.4, 0.5) is 5.69 Å². The van der Waals surface area contributed by atoms with E-state index in [4.69, 9.17) is 11.5 Å². The van der Waals surface area contributed by atoms with Crippen LogP contribution < -0.4 is 16.9 Å². The minimum atomic E-state index is -0.757. The molecule has 0 spiro atoms. The molecule has 0 bridgehead atoms. The Balaban J connectivity index is 2.81. The molecule has 1 aromatic carbocycles. The number of aryl methyl sites for hydroxylation is 1. The van der Waals surface area contributed by atoms with Gasteiger partial charge in [-0.1, -0.05) is 29.9 Å². The molecule has 0 aliphatic carbocycles. The smallest absolute Gasteiger partial charge is 0.272 e. The lowest BCUT2D eigenvalue weighted by Crippen LogP contribution is -2.35. The van der Waals surface area contributed by atoms with E-state index in [1.165, 1.54) is 0 Å². The number of primary amides is 1. The maximum Gasteiger partial charge on any atom is 0.272 e. The summed E-state index contributed by atoms with van der Waals surface area (Å²) in [4.78, 5) is 10.8. The summed E-state index contributed by atoms with van der Waals surface area (Å²) < 4.78 is 0. The van der Waals surface area contributed by atoms with Gasteiger partial charge in [0.05, 0.1) is 5.69 Å². The van der Waals surface area contributed by atoms with Gasteiger partial charge in [0.1, 0.15) is 4.99 Å². The summed E-state index contributed by atoms with van der Waals surface area (Å²) in [5.74, 6) is -0.757. The van der Waals surface area contributed by atoms with Crippen LogP contribution in [-0.4, -0.2) is 16.6 Å². The Hall–Kier alpha value is -1.95. The predicted octanol–water partition coefficient (Wildman–Crippen LogP) is 0.534. The molecule has 0 saturated heterocycles. The van der Waals surface area contributed by atoms with E-state index in [-0.39, 0.29) is 10.7 Å². The number of carbonyl (C=O) groups excluding carboxylic acids is 1. The number of rotatable bonds is 4. The second-order valence-electron chi connectivity index (χ2n) is 3.17. The van der Waals surface area contributed by atoms with Gasteiger partial charge in [-0.05, 0) is 19.1 Å². The number of hydrogen-bond acceptors (Lipinski definition) is 4. The molecule has 6 heteroatoms. The number of carbonyl (C=O) groups is 1. The van der Waals surface area contributed by atoms with E-state index >= 15 is 0 Å². The van der Waals surface area contributed by atoms with Gasteiger partial charge in [0, 0.05) is 0 Å². The van der Waals surface area contributed by atoms with Gasteiger partial charge in [0.15, 0.2) is 5.71 Å². The van der Waals surface area contributed by atoms with Crippen molar-refractivity contribution in [2.24, 2.45) is 16.6 Å². The second-order valence-corrected chi connectivity index (χ2v) is 3.61. The monoisotopic (exact) mass is 236 g/mol. The number of hydrazone groups is 1. The summed E-state index contributed by atoms with van der Waals surface area (Å²) >= 11 is 4.64. The van der Waals surface area contributed by atoms with Gasteiger partial charge >= 0.3 is 0 Å². The van der Waals surface area contributed by atoms with E-state index < -0.39 is 5.91 Å². The number of nitrogens with two attached hydrogens (primary N) is 2. The van der Waals surface area contributed by atoms with E-state index in [9.17, 15) is 4.79 Å². The maximum atomic E-state index is 10.9. The van der Waals surface area contributed by atoms with Crippen molar-refractivity contribution in [1.29, 1.82) is 0 Å². The number of anilines is 1. The average molecular weight is 236 g/mol. The first-order valence-corrected chi connectivity index (χ1v) is 4.91. The number of nitrogens with one attached hydrogen (secondary N) is 1. The van der Waals surface area contributed by atoms with Crippen molar-refractivity contribution < 1.29 is 4.79 Å². The van der Waals surface area contributed by atoms with Gasteiger partial charge in [0.25, 0.3) is 5.91 Å². The summed E-state index contributed by atoms with van der Waals surface area (Å²) in [5, 5.41) is 3.75. The SMILES string of the molecule is Cc1ccc(NN=C(C(N)=O)C(N)=S)cc1. The Morgan fingerprint density at radius 1 is 1.31 bits per heavy atom. The summed E-state index contributed by atoms with van der Waals surface area (Å²) in [7, 11) is 0. The molecule has 0 fully saturated rings. The van der Waals surface area contributed by atoms with Crippen LogP contribution in [-0.2, 0) is 4.79 Å². The third-order valence-corrected chi connectivity index (χ3v) is 2.01. The summed E-state index contributed by atoms with van der Waals surface area (Å²) in [5.41, 5.74) is 14.7. The van der Waals surface area contributed by atoms with E-state index in [1.54, 1.807) is 0 Å². The van der Waals surface area contributed by atoms with E-state index in [2.05, 4.69) is 22.7 Å². The first-order chi connectivity index (χ1) is 7.50. The van der Waals surface area contributed by atoms with Crippen LogP contribution in [0.3, 0.4) is 0 Å². The standard InChI is InChI=1S/C10H12N4OS/c1-6-2-4-7(5-3-6)13-14-8(9(11)15)10(12)16/h2-5,13H,1H3,(H2,11,15)(H2,12,16). The van der Waals surface area contributed by atoms with Crippen LogP contribution in [0.25, 0.3) is 0 Å². The molecule has 84 valence electrons. The van der Waals surface area contributed by atoms with Crippen molar-refractivity contribution in [2.45, 2.75) is 6.92 Å². The van der Waals surface area contributed by atoms with Crippen molar-refractivity contribution in [3.05, 3.63) is 29.8 Å². The van der Waals surface area contributed by atoms with Gasteiger partial charge in [-0.3, -0.25) is 10.2 Å². The zero-order valence-corrected chi connectivity index (χ0v) is 9.54. The topological polar surface area (TPSA) is 93.5 Å². The molecule has 0 atom stereocenters. The van der Waals surface area contributed by atoms with Crippen LogP contribution in [0.15, 0.2) is 29.4 Å². The van der Waals surface area contributed by atoms with Crippen molar-refractivity contribution in [3.63, 3.8) is 0 Å². The lowest BCUT2D eigenvalue weighted by Gasteiger charge is -2.03. The molecule has 1 amide bonds. The van der Waals surface area contributed by atoms with Crippen LogP contribution in [0.5, 0.6) is 0 Å². The highest BCUT2D eigenvalue weighted by molar-refractivity contribution is 7.82. The minimum Gasteiger partial charge on any atom is -0.388 e. The van der Waals surface area contributed by atoms with Gasteiger partial charge < -0.3 is 11.5 Å². The first-order valence-electron chi connectivity index (χ1n) is 4.50. The Morgan fingerprint density at radius 3 is 2.31 bits per heavy atom. The molecule has 0 aliphatic rings. The average Bonchev–Trinajstić information content (AvgIpc) is 2.20. The fraction of sp³-hybridized carbons (Fsp3) is 0.100. The minimum absolute atomic E-state index is 0.132. The molecular weight excluding hydrogens is 224 g/mol. The molecule has 0 heterocycles. The van der Waals surface area contributed by atoms with Gasteiger partial charge in [0.2, 0.25) is 0 Å². The highest BCUT2D eigenvalue weighted by Gasteiger charge is 2.09. The Kier molecular flexibility index (Phi) is 3.96. The third kappa shape index (κ3) is 3.32. The molecule has 5 N–H and O–H groups in total. The van der Waals surface area contributed by atoms with Crippen molar-refractivity contribution in [3.8, 4) is 0 Å². The second kappa shape index (κ2) is 5.22. The number of amides is 1. The molecular formula is C10H12N4OS. The molecule has 1 aromatic rings. The molecule has 1 rings (SSSR count). The van der Waals surface area contributed by atoms with Gasteiger partial charge in [-0.25, -0.2) is 0 Å². The van der Waals surface area contributed by atoms with Crippen LogP contribution in [0.1, 0.15) is 5.56 Å². The lowest BCUT2D eigenvalue weighted by atomic mass is 10.2. The highest BCUT2D eigenvalue weighted by Crippen LogP contribution is 2.08. The summed E-state index contributed by atoms with van der Waals surface area (Å²) in [6.45, 7) is 1.97. The molecule has 0 aliphatic heterocycles. The van der Waals surface area contributed by atoms with E-state index in [0.717, 1.165) is 11.3 Å². The van der Waals surface area contributed by atoms with E-state index in [1.807, 2.05) is 31.2 Å². The Labute approximate surface area is 98.5 Å². The number of nitrogens with zero attached hydrogens (tertiary/aromatic N) is 1. The normalized spacial score (nSPS) is 10.9. The van der Waals surface area contributed by atoms with Crippen LogP contribution in [0.2, 0.25) is 0 Å². The lowest BCUT2D eigenvalue weighted by molar-refractivity contribution is -0.111. The highest BCUT2D eigenvalue weighted by atomic mass is 32.1. The summed E-state index contributed by atoms with van der Waals surface area (Å²) in [6, 6.07) is 7.44. The fourth-order valence-corrected chi connectivity index (χ4v) is 1.13. The quantitative estimate of drug-likeness (QED) is 0.404. The summed E-state index contributed by atoms with van der Waals surface area (Å²) in [6.07, 6.45) is 0. The largest absolute Gasteiger partial charge is 0.388 e. The van der Waals surface area contributed by atoms with Gasteiger partial charge in [-0.15, -0.1) is 0 Å². The fourth-order valence-electron chi connectivity index (χ4n) is 0.980. The Bertz CT molecular complexity index is 423. The molecule has 0 aromatic heterocycles.